The molecule has 0 aromatic heterocycles. The Hall–Kier alpha value is -3.33. The highest BCUT2D eigenvalue weighted by Gasteiger charge is 2.46. The number of anilines is 1. The molecule has 5 nitrogen and oxygen atoms in total. The van der Waals surface area contributed by atoms with Gasteiger partial charge in [-0.3, -0.25) is 0 Å². The number of para-hydroxylation sites is 1. The molecule has 2 unspecified atom stereocenters. The third-order valence-electron chi connectivity index (χ3n) is 5.78. The Morgan fingerprint density at radius 1 is 0.909 bits per heavy atom. The van der Waals surface area contributed by atoms with Crippen LogP contribution in [-0.4, -0.2) is 37.3 Å². The average Bonchev–Trinajstić information content (AvgIpc) is 3.26. The summed E-state index contributed by atoms with van der Waals surface area (Å²) in [5.41, 5.74) is 0.780. The van der Waals surface area contributed by atoms with Crippen molar-refractivity contribution in [3.8, 4) is 11.1 Å². The van der Waals surface area contributed by atoms with Crippen molar-refractivity contribution in [3.05, 3.63) is 84.4 Å². The van der Waals surface area contributed by atoms with Gasteiger partial charge < -0.3 is 10.0 Å². The van der Waals surface area contributed by atoms with Gasteiger partial charge in [-0.1, -0.05) is 60.7 Å². The third-order valence-corrected chi connectivity index (χ3v) is 7.97. The van der Waals surface area contributed by atoms with Gasteiger partial charge in [-0.2, -0.15) is 13.2 Å². The van der Waals surface area contributed by atoms with Crippen molar-refractivity contribution in [2.75, 3.05) is 11.4 Å². The molecule has 0 bridgehead atoms. The Balaban J connectivity index is 1.77. The van der Waals surface area contributed by atoms with Crippen molar-refractivity contribution in [1.29, 1.82) is 0 Å². The molecule has 172 valence electrons. The number of hydrogen-bond acceptors (Lipinski definition) is 4. The second kappa shape index (κ2) is 8.55. The van der Waals surface area contributed by atoms with E-state index >= 15 is 0 Å². The second-order valence-corrected chi connectivity index (χ2v) is 9.98. The minimum atomic E-state index is -4.85. The molecule has 0 spiro atoms. The average molecular weight is 475 g/mol. The maximum atomic E-state index is 13.5. The first-order valence-electron chi connectivity index (χ1n) is 10.1. The number of hydrogen-bond donors (Lipinski definition) is 1. The molecule has 4 rings (SSSR count). The fourth-order valence-corrected chi connectivity index (χ4v) is 6.15. The summed E-state index contributed by atoms with van der Waals surface area (Å²) in [4.78, 5) is 12.7. The Bertz CT molecular complexity index is 1280. The van der Waals surface area contributed by atoms with Crippen molar-refractivity contribution in [2.24, 2.45) is 0 Å². The Kier molecular flexibility index (Phi) is 5.92. The van der Waals surface area contributed by atoms with Crippen LogP contribution in [0.25, 0.3) is 11.1 Å². The molecule has 1 fully saturated rings. The minimum Gasteiger partial charge on any atom is -0.480 e. The van der Waals surface area contributed by atoms with E-state index in [9.17, 15) is 31.5 Å². The van der Waals surface area contributed by atoms with E-state index in [2.05, 4.69) is 0 Å². The topological polar surface area (TPSA) is 74.7 Å². The predicted molar refractivity (Wildman–Crippen MR) is 118 cm³/mol. The van der Waals surface area contributed by atoms with Crippen molar-refractivity contribution in [3.63, 3.8) is 0 Å². The maximum absolute atomic E-state index is 13.5. The molecule has 1 heterocycles. The van der Waals surface area contributed by atoms with Gasteiger partial charge in [-0.25, -0.2) is 13.2 Å². The summed E-state index contributed by atoms with van der Waals surface area (Å²) < 4.78 is 67.0. The molecule has 1 aliphatic heterocycles. The van der Waals surface area contributed by atoms with Gasteiger partial charge in [-0.05, 0) is 30.2 Å². The summed E-state index contributed by atoms with van der Waals surface area (Å²) in [5.74, 6) is -1.24. The second-order valence-electron chi connectivity index (χ2n) is 7.79. The van der Waals surface area contributed by atoms with Gasteiger partial charge in [0, 0.05) is 17.8 Å². The number of rotatable bonds is 5. The zero-order valence-corrected chi connectivity index (χ0v) is 18.1. The first-order valence-corrected chi connectivity index (χ1v) is 11.7. The standard InChI is InChI=1S/C24H20F3NO4S/c25-24(26,27)19-11-5-7-13-22(19)33(31,32)17-14-21(23(29)30)28(15-17)20-12-6-4-10-18(20)16-8-2-1-3-9-16/h1-13,17,21H,14-15H2,(H,29,30). The van der Waals surface area contributed by atoms with E-state index in [0.717, 1.165) is 23.8 Å². The lowest BCUT2D eigenvalue weighted by atomic mass is 10.0. The van der Waals surface area contributed by atoms with Gasteiger partial charge in [-0.15, -0.1) is 0 Å². The molecule has 2 atom stereocenters. The molecule has 9 heteroatoms. The lowest BCUT2D eigenvalue weighted by Crippen LogP contribution is -2.36. The molecule has 0 radical (unpaired) electrons. The first kappa shape index (κ1) is 22.8. The number of halogens is 3. The monoisotopic (exact) mass is 475 g/mol. The van der Waals surface area contributed by atoms with E-state index < -0.39 is 43.7 Å². The smallest absolute Gasteiger partial charge is 0.417 e. The van der Waals surface area contributed by atoms with E-state index in [-0.39, 0.29) is 13.0 Å². The van der Waals surface area contributed by atoms with E-state index in [1.165, 1.54) is 11.0 Å². The molecule has 0 saturated carbocycles. The van der Waals surface area contributed by atoms with Crippen molar-refractivity contribution in [2.45, 2.75) is 28.8 Å². The van der Waals surface area contributed by atoms with Crippen LogP contribution in [0.5, 0.6) is 0 Å². The quantitative estimate of drug-likeness (QED) is 0.570. The first-order chi connectivity index (χ1) is 15.6. The van der Waals surface area contributed by atoms with Crippen LogP contribution < -0.4 is 4.90 Å². The molecule has 3 aromatic rings. The van der Waals surface area contributed by atoms with Crippen LogP contribution in [0.3, 0.4) is 0 Å². The number of carbonyl (C=O) groups is 1. The lowest BCUT2D eigenvalue weighted by molar-refractivity contribution is -0.140. The van der Waals surface area contributed by atoms with Crippen LogP contribution in [-0.2, 0) is 20.8 Å². The number of aliphatic carboxylic acids is 1. The SMILES string of the molecule is O=C(O)C1CC(S(=O)(=O)c2ccccc2C(F)(F)F)CN1c1ccccc1-c1ccccc1. The highest BCUT2D eigenvalue weighted by molar-refractivity contribution is 7.92. The van der Waals surface area contributed by atoms with Gasteiger partial charge in [0.15, 0.2) is 9.84 Å². The Morgan fingerprint density at radius 3 is 2.18 bits per heavy atom. The molecule has 33 heavy (non-hydrogen) atoms. The van der Waals surface area contributed by atoms with Crippen LogP contribution >= 0.6 is 0 Å². The van der Waals surface area contributed by atoms with E-state index in [4.69, 9.17) is 0 Å². The van der Waals surface area contributed by atoms with Crippen LogP contribution in [0.2, 0.25) is 0 Å². The van der Waals surface area contributed by atoms with Gasteiger partial charge in [0.25, 0.3) is 0 Å². The highest BCUT2D eigenvalue weighted by Crippen LogP contribution is 2.40. The van der Waals surface area contributed by atoms with E-state index in [1.807, 2.05) is 30.3 Å². The normalized spacial score (nSPS) is 18.9. The molecule has 1 aliphatic rings. The van der Waals surface area contributed by atoms with Gasteiger partial charge in [0.1, 0.15) is 6.04 Å². The Labute approximate surface area is 189 Å². The number of carboxylic acids is 1. The molecule has 0 aliphatic carbocycles. The van der Waals surface area contributed by atoms with Gasteiger partial charge >= 0.3 is 12.1 Å². The number of sulfone groups is 1. The predicted octanol–water partition coefficient (Wildman–Crippen LogP) is 4.88. The van der Waals surface area contributed by atoms with Crippen LogP contribution in [0.15, 0.2) is 83.8 Å². The number of carboxylic acid groups (broad SMARTS) is 1. The fraction of sp³-hybridized carbons (Fsp3) is 0.208. The number of benzene rings is 3. The molecular weight excluding hydrogens is 455 g/mol. The summed E-state index contributed by atoms with van der Waals surface area (Å²) in [6, 6.07) is 19.0. The van der Waals surface area contributed by atoms with E-state index in [0.29, 0.717) is 11.3 Å². The van der Waals surface area contributed by atoms with Crippen molar-refractivity contribution in [1.82, 2.24) is 0 Å². The highest BCUT2D eigenvalue weighted by atomic mass is 32.2. The van der Waals surface area contributed by atoms with Crippen LogP contribution in [0.4, 0.5) is 18.9 Å². The summed E-state index contributed by atoms with van der Waals surface area (Å²) in [7, 11) is -4.46. The van der Waals surface area contributed by atoms with E-state index in [1.54, 1.807) is 24.3 Å². The fourth-order valence-electron chi connectivity index (χ4n) is 4.24. The third kappa shape index (κ3) is 4.32. The Morgan fingerprint density at radius 2 is 1.52 bits per heavy atom. The summed E-state index contributed by atoms with van der Waals surface area (Å²) in [5, 5.41) is 8.51. The molecule has 1 saturated heterocycles. The summed E-state index contributed by atoms with van der Waals surface area (Å²) >= 11 is 0. The maximum Gasteiger partial charge on any atom is 0.417 e. The minimum absolute atomic E-state index is 0.241. The van der Waals surface area contributed by atoms with Crippen LogP contribution in [0.1, 0.15) is 12.0 Å². The van der Waals surface area contributed by atoms with Crippen molar-refractivity contribution < 1.29 is 31.5 Å². The number of alkyl halides is 3. The molecular formula is C24H20F3NO4S. The molecule has 3 aromatic carbocycles. The van der Waals surface area contributed by atoms with Crippen molar-refractivity contribution >= 4 is 21.5 Å². The largest absolute Gasteiger partial charge is 0.480 e. The molecule has 1 N–H and O–H groups in total. The number of nitrogens with zero attached hydrogens (tertiary/aromatic N) is 1. The summed E-state index contributed by atoms with van der Waals surface area (Å²) in [6.07, 6.45) is -5.18. The lowest BCUT2D eigenvalue weighted by Gasteiger charge is -2.26. The summed E-state index contributed by atoms with van der Waals surface area (Å²) in [6.45, 7) is -0.241. The zero-order valence-electron chi connectivity index (χ0n) is 17.2. The molecule has 0 amide bonds. The van der Waals surface area contributed by atoms with Gasteiger partial charge in [0.2, 0.25) is 0 Å². The van der Waals surface area contributed by atoms with Gasteiger partial charge in [0.05, 0.1) is 15.7 Å². The van der Waals surface area contributed by atoms with Crippen LogP contribution in [0, 0.1) is 0 Å². The zero-order chi connectivity index (χ0) is 23.8.